The summed E-state index contributed by atoms with van der Waals surface area (Å²) in [6.07, 6.45) is -4.22. The molecule has 1 rings (SSSR count). The van der Waals surface area contributed by atoms with Crippen molar-refractivity contribution in [3.05, 3.63) is 24.2 Å². The first-order valence-corrected chi connectivity index (χ1v) is 4.43. The molecule has 0 spiro atoms. The van der Waals surface area contributed by atoms with Crippen molar-refractivity contribution in [1.82, 2.24) is 5.32 Å². The summed E-state index contributed by atoms with van der Waals surface area (Å²) in [5.41, 5.74) is 0. The van der Waals surface area contributed by atoms with E-state index in [1.54, 1.807) is 0 Å². The quantitative estimate of drug-likeness (QED) is 0.835. The Morgan fingerprint density at radius 1 is 1.47 bits per heavy atom. The largest absolute Gasteiger partial charge is 0.480 e. The third-order valence-corrected chi connectivity index (χ3v) is 1.85. The number of hydrogen-bond donors (Lipinski definition) is 2. The maximum absolute atomic E-state index is 11.9. The SMILES string of the molecule is O=C(O)C(Cc1ccco1)NC(=O)C(F)(F)F. The maximum atomic E-state index is 11.9. The van der Waals surface area contributed by atoms with Gasteiger partial charge in [0.05, 0.1) is 6.26 Å². The van der Waals surface area contributed by atoms with E-state index in [4.69, 9.17) is 9.52 Å². The lowest BCUT2D eigenvalue weighted by Gasteiger charge is -2.14. The molecule has 2 N–H and O–H groups in total. The zero-order valence-corrected chi connectivity index (χ0v) is 8.32. The van der Waals surface area contributed by atoms with Crippen molar-refractivity contribution in [2.75, 3.05) is 0 Å². The van der Waals surface area contributed by atoms with E-state index < -0.39 is 24.1 Å². The van der Waals surface area contributed by atoms with Gasteiger partial charge in [-0.1, -0.05) is 0 Å². The van der Waals surface area contributed by atoms with E-state index in [2.05, 4.69) is 0 Å². The summed E-state index contributed by atoms with van der Waals surface area (Å²) < 4.78 is 40.6. The molecular formula is C9H8F3NO4. The van der Waals surface area contributed by atoms with Crippen LogP contribution in [-0.4, -0.2) is 29.2 Å². The van der Waals surface area contributed by atoms with Crippen molar-refractivity contribution in [3.8, 4) is 0 Å². The van der Waals surface area contributed by atoms with Gasteiger partial charge in [-0.05, 0) is 12.1 Å². The van der Waals surface area contributed by atoms with Gasteiger partial charge in [-0.25, -0.2) is 4.79 Å². The topological polar surface area (TPSA) is 79.5 Å². The lowest BCUT2D eigenvalue weighted by Crippen LogP contribution is -2.47. The molecule has 0 bridgehead atoms. The highest BCUT2D eigenvalue weighted by Gasteiger charge is 2.40. The zero-order valence-electron chi connectivity index (χ0n) is 8.32. The van der Waals surface area contributed by atoms with Crippen molar-refractivity contribution < 1.29 is 32.3 Å². The minimum Gasteiger partial charge on any atom is -0.480 e. The number of furan rings is 1. The van der Waals surface area contributed by atoms with Gasteiger partial charge in [0.25, 0.3) is 0 Å². The Morgan fingerprint density at radius 2 is 2.12 bits per heavy atom. The fourth-order valence-electron chi connectivity index (χ4n) is 1.07. The molecule has 0 aliphatic carbocycles. The van der Waals surface area contributed by atoms with Gasteiger partial charge in [0.15, 0.2) is 0 Å². The Bertz CT molecular complexity index is 399. The van der Waals surface area contributed by atoms with Crippen LogP contribution in [-0.2, 0) is 16.0 Å². The van der Waals surface area contributed by atoms with Crippen LogP contribution in [0.25, 0.3) is 0 Å². The Morgan fingerprint density at radius 3 is 2.53 bits per heavy atom. The Balaban J connectivity index is 2.68. The summed E-state index contributed by atoms with van der Waals surface area (Å²) in [5.74, 6) is -3.70. The number of carbonyl (C=O) groups is 2. The fraction of sp³-hybridized carbons (Fsp3) is 0.333. The molecule has 0 fully saturated rings. The van der Waals surface area contributed by atoms with Gasteiger partial charge in [0.2, 0.25) is 0 Å². The third kappa shape index (κ3) is 3.82. The van der Waals surface area contributed by atoms with Crippen LogP contribution < -0.4 is 5.32 Å². The van der Waals surface area contributed by atoms with E-state index in [0.29, 0.717) is 0 Å². The predicted molar refractivity (Wildman–Crippen MR) is 48.0 cm³/mol. The van der Waals surface area contributed by atoms with Crippen molar-refractivity contribution in [3.63, 3.8) is 0 Å². The molecule has 0 saturated heterocycles. The molecule has 1 heterocycles. The van der Waals surface area contributed by atoms with Gasteiger partial charge < -0.3 is 14.8 Å². The zero-order chi connectivity index (χ0) is 13.1. The van der Waals surface area contributed by atoms with Crippen LogP contribution in [0.15, 0.2) is 22.8 Å². The molecular weight excluding hydrogens is 243 g/mol. The van der Waals surface area contributed by atoms with Crippen LogP contribution >= 0.6 is 0 Å². The van der Waals surface area contributed by atoms with Crippen LogP contribution in [0.2, 0.25) is 0 Å². The average Bonchev–Trinajstić information content (AvgIpc) is 2.67. The second-order valence-corrected chi connectivity index (χ2v) is 3.15. The minimum atomic E-state index is -5.11. The van der Waals surface area contributed by atoms with Crippen LogP contribution in [0.3, 0.4) is 0 Å². The molecule has 17 heavy (non-hydrogen) atoms. The lowest BCUT2D eigenvalue weighted by atomic mass is 10.1. The number of aliphatic carboxylic acids is 1. The molecule has 94 valence electrons. The third-order valence-electron chi connectivity index (χ3n) is 1.85. The molecule has 8 heteroatoms. The number of carboxylic acid groups (broad SMARTS) is 1. The van der Waals surface area contributed by atoms with Crippen LogP contribution in [0.4, 0.5) is 13.2 Å². The van der Waals surface area contributed by atoms with E-state index in [0.717, 1.165) is 0 Å². The van der Waals surface area contributed by atoms with Crippen LogP contribution in [0.1, 0.15) is 5.76 Å². The monoisotopic (exact) mass is 251 g/mol. The highest BCUT2D eigenvalue weighted by atomic mass is 19.4. The summed E-state index contributed by atoms with van der Waals surface area (Å²) in [6.45, 7) is 0. The smallest absolute Gasteiger partial charge is 0.471 e. The number of nitrogens with one attached hydrogen (secondary N) is 1. The predicted octanol–water partition coefficient (Wildman–Crippen LogP) is 0.954. The minimum absolute atomic E-state index is 0.167. The molecule has 1 aromatic heterocycles. The molecule has 0 saturated carbocycles. The standard InChI is InChI=1S/C9H8F3NO4/c10-9(11,12)8(16)13-6(7(14)15)4-5-2-1-3-17-5/h1-3,6H,4H2,(H,13,16)(H,14,15). The number of carboxylic acids is 1. The molecule has 0 radical (unpaired) electrons. The Hall–Kier alpha value is -1.99. The average molecular weight is 251 g/mol. The van der Waals surface area contributed by atoms with E-state index in [1.165, 1.54) is 23.7 Å². The Kier molecular flexibility index (Phi) is 3.77. The van der Waals surface area contributed by atoms with Crippen molar-refractivity contribution in [2.24, 2.45) is 0 Å². The summed E-state index contributed by atoms with van der Waals surface area (Å²) in [6, 6.07) is 1.17. The van der Waals surface area contributed by atoms with Gasteiger partial charge in [0.1, 0.15) is 11.8 Å². The van der Waals surface area contributed by atoms with E-state index >= 15 is 0 Å². The van der Waals surface area contributed by atoms with Crippen LogP contribution in [0, 0.1) is 0 Å². The molecule has 0 aromatic carbocycles. The number of rotatable bonds is 4. The van der Waals surface area contributed by atoms with E-state index in [1.807, 2.05) is 0 Å². The van der Waals surface area contributed by atoms with Crippen molar-refractivity contribution in [2.45, 2.75) is 18.6 Å². The van der Waals surface area contributed by atoms with Gasteiger partial charge in [0, 0.05) is 6.42 Å². The Labute approximate surface area is 93.2 Å². The molecule has 5 nitrogen and oxygen atoms in total. The lowest BCUT2D eigenvalue weighted by molar-refractivity contribution is -0.175. The highest BCUT2D eigenvalue weighted by molar-refractivity contribution is 5.87. The summed E-state index contributed by atoms with van der Waals surface area (Å²) in [5, 5.41) is 10.0. The fourth-order valence-corrected chi connectivity index (χ4v) is 1.07. The number of hydrogen-bond acceptors (Lipinski definition) is 3. The molecule has 0 aliphatic heterocycles. The molecule has 1 amide bonds. The molecule has 1 unspecified atom stereocenters. The van der Waals surface area contributed by atoms with Crippen molar-refractivity contribution >= 4 is 11.9 Å². The first-order chi connectivity index (χ1) is 7.80. The van der Waals surface area contributed by atoms with Gasteiger partial charge >= 0.3 is 18.1 Å². The molecule has 0 aliphatic rings. The van der Waals surface area contributed by atoms with Crippen molar-refractivity contribution in [1.29, 1.82) is 0 Å². The second-order valence-electron chi connectivity index (χ2n) is 3.15. The maximum Gasteiger partial charge on any atom is 0.471 e. The number of alkyl halides is 3. The normalized spacial score (nSPS) is 13.1. The first-order valence-electron chi connectivity index (χ1n) is 4.43. The summed E-state index contributed by atoms with van der Waals surface area (Å²) >= 11 is 0. The van der Waals surface area contributed by atoms with Gasteiger partial charge in [-0.15, -0.1) is 0 Å². The number of amides is 1. The van der Waals surface area contributed by atoms with E-state index in [-0.39, 0.29) is 12.2 Å². The number of halogens is 3. The van der Waals surface area contributed by atoms with Gasteiger partial charge in [-0.3, -0.25) is 4.79 Å². The summed E-state index contributed by atoms with van der Waals surface area (Å²) in [7, 11) is 0. The summed E-state index contributed by atoms with van der Waals surface area (Å²) in [4.78, 5) is 21.2. The van der Waals surface area contributed by atoms with E-state index in [9.17, 15) is 22.8 Å². The van der Waals surface area contributed by atoms with Crippen LogP contribution in [0.5, 0.6) is 0 Å². The second kappa shape index (κ2) is 4.89. The van der Waals surface area contributed by atoms with Gasteiger partial charge in [-0.2, -0.15) is 13.2 Å². The number of carbonyl (C=O) groups excluding carboxylic acids is 1. The molecule has 1 atom stereocenters. The molecule has 1 aromatic rings. The first kappa shape index (κ1) is 13.1. The highest BCUT2D eigenvalue weighted by Crippen LogP contribution is 2.15.